The Kier molecular flexibility index (Phi) is 6.23. The summed E-state index contributed by atoms with van der Waals surface area (Å²) in [5.41, 5.74) is 0.156. The monoisotopic (exact) mass is 387 g/mol. The average molecular weight is 387 g/mol. The van der Waals surface area contributed by atoms with Crippen LogP contribution >= 0.6 is 0 Å². The summed E-state index contributed by atoms with van der Waals surface area (Å²) in [6, 6.07) is 8.72. The molecule has 0 N–H and O–H groups in total. The van der Waals surface area contributed by atoms with Gasteiger partial charge >= 0.3 is 12.2 Å². The Balaban J connectivity index is 2.27. The molecule has 0 spiro atoms. The van der Waals surface area contributed by atoms with E-state index in [4.69, 9.17) is 14.7 Å². The molecule has 1 aromatic rings. The third kappa shape index (κ3) is 5.88. The summed E-state index contributed by atoms with van der Waals surface area (Å²) in [5, 5.41) is 9.03. The molecular formula is C21H29N3O4. The van der Waals surface area contributed by atoms with Crippen LogP contribution in [0.15, 0.2) is 24.3 Å². The van der Waals surface area contributed by atoms with E-state index in [1.54, 1.807) is 34.1 Å². The highest BCUT2D eigenvalue weighted by atomic mass is 16.6. The number of rotatable bonds is 1. The molecule has 7 heteroatoms. The van der Waals surface area contributed by atoms with Crippen molar-refractivity contribution in [3.8, 4) is 6.07 Å². The second kappa shape index (κ2) is 8.09. The summed E-state index contributed by atoms with van der Waals surface area (Å²) in [7, 11) is 0. The van der Waals surface area contributed by atoms with E-state index in [-0.39, 0.29) is 6.04 Å². The van der Waals surface area contributed by atoms with Gasteiger partial charge in [-0.3, -0.25) is 4.90 Å². The van der Waals surface area contributed by atoms with Crippen LogP contribution in [0.2, 0.25) is 0 Å². The summed E-state index contributed by atoms with van der Waals surface area (Å²) in [5.74, 6) is 0. The topological polar surface area (TPSA) is 82.9 Å². The first-order valence-electron chi connectivity index (χ1n) is 9.37. The molecule has 0 bridgehead atoms. The molecule has 0 unspecified atom stereocenters. The van der Waals surface area contributed by atoms with Crippen molar-refractivity contribution in [3.63, 3.8) is 0 Å². The normalized spacial score (nSPS) is 17.7. The molecule has 1 fully saturated rings. The van der Waals surface area contributed by atoms with Crippen molar-refractivity contribution < 1.29 is 19.1 Å². The molecule has 7 nitrogen and oxygen atoms in total. The lowest BCUT2D eigenvalue weighted by molar-refractivity contribution is -0.0152. The van der Waals surface area contributed by atoms with Gasteiger partial charge in [0.05, 0.1) is 17.7 Å². The molecular weight excluding hydrogens is 358 g/mol. The first kappa shape index (κ1) is 21.5. The number of nitrogens with zero attached hydrogens (tertiary/aromatic N) is 3. The summed E-state index contributed by atoms with van der Waals surface area (Å²) >= 11 is 0. The smallest absolute Gasteiger partial charge is 0.410 e. The van der Waals surface area contributed by atoms with Crippen LogP contribution < -0.4 is 0 Å². The standard InChI is InChI=1S/C21H29N3O4/c1-20(2,3)27-18(25)23-11-12-24(19(26)28-21(4,5)6)17(14-23)16-9-7-15(13-22)8-10-16/h7-10,17H,11-12,14H2,1-6H3/t17-/m1/s1. The lowest BCUT2D eigenvalue weighted by Crippen LogP contribution is -2.54. The maximum atomic E-state index is 12.7. The molecule has 1 heterocycles. The molecule has 2 amide bonds. The number of benzene rings is 1. The average Bonchev–Trinajstić information content (AvgIpc) is 2.58. The van der Waals surface area contributed by atoms with E-state index in [1.165, 1.54) is 0 Å². The minimum atomic E-state index is -0.616. The predicted molar refractivity (Wildman–Crippen MR) is 105 cm³/mol. The fourth-order valence-corrected chi connectivity index (χ4v) is 2.88. The third-order valence-corrected chi connectivity index (χ3v) is 4.08. The first-order chi connectivity index (χ1) is 12.9. The van der Waals surface area contributed by atoms with Crippen molar-refractivity contribution in [1.29, 1.82) is 5.26 Å². The van der Waals surface area contributed by atoms with Gasteiger partial charge in [0.1, 0.15) is 11.2 Å². The van der Waals surface area contributed by atoms with Crippen LogP contribution in [0.3, 0.4) is 0 Å². The van der Waals surface area contributed by atoms with Crippen molar-refractivity contribution in [2.75, 3.05) is 19.6 Å². The van der Waals surface area contributed by atoms with Gasteiger partial charge in [0.2, 0.25) is 0 Å². The zero-order valence-corrected chi connectivity index (χ0v) is 17.5. The maximum absolute atomic E-state index is 12.7. The molecule has 1 saturated heterocycles. The first-order valence-corrected chi connectivity index (χ1v) is 9.37. The third-order valence-electron chi connectivity index (χ3n) is 4.08. The summed E-state index contributed by atoms with van der Waals surface area (Å²) < 4.78 is 11.0. The zero-order chi connectivity index (χ0) is 21.1. The van der Waals surface area contributed by atoms with E-state index in [2.05, 4.69) is 6.07 Å². The van der Waals surface area contributed by atoms with E-state index >= 15 is 0 Å². The lowest BCUT2D eigenvalue weighted by atomic mass is 10.0. The Bertz CT molecular complexity index is 754. The number of piperazine rings is 1. The molecule has 1 atom stereocenters. The second-order valence-corrected chi connectivity index (χ2v) is 8.85. The van der Waals surface area contributed by atoms with Crippen LogP contribution in [0.5, 0.6) is 0 Å². The highest BCUT2D eigenvalue weighted by molar-refractivity contribution is 5.71. The van der Waals surface area contributed by atoms with Crippen LogP contribution in [0.1, 0.15) is 58.7 Å². The van der Waals surface area contributed by atoms with Crippen molar-refractivity contribution in [2.24, 2.45) is 0 Å². The van der Waals surface area contributed by atoms with E-state index in [1.807, 2.05) is 41.5 Å². The second-order valence-electron chi connectivity index (χ2n) is 8.85. The number of hydrogen-bond acceptors (Lipinski definition) is 5. The molecule has 1 aliphatic rings. The van der Waals surface area contributed by atoms with Gasteiger partial charge in [0.25, 0.3) is 0 Å². The SMILES string of the molecule is CC(C)(C)OC(=O)N1CCN(C(=O)OC(C)(C)C)[C@@H](c2ccc(C#N)cc2)C1. The van der Waals surface area contributed by atoms with E-state index in [9.17, 15) is 9.59 Å². The summed E-state index contributed by atoms with van der Waals surface area (Å²) in [6.07, 6.45) is -0.833. The van der Waals surface area contributed by atoms with Crippen LogP contribution in [0, 0.1) is 11.3 Å². The van der Waals surface area contributed by atoms with Gasteiger partial charge in [-0.15, -0.1) is 0 Å². The molecule has 1 aliphatic heterocycles. The Morgan fingerprint density at radius 1 is 0.964 bits per heavy atom. The quantitative estimate of drug-likeness (QED) is 0.725. The van der Waals surface area contributed by atoms with Crippen LogP contribution in [0.4, 0.5) is 9.59 Å². The van der Waals surface area contributed by atoms with Crippen molar-refractivity contribution >= 4 is 12.2 Å². The van der Waals surface area contributed by atoms with Crippen LogP contribution in [-0.4, -0.2) is 52.8 Å². The number of nitriles is 1. The molecule has 0 radical (unpaired) electrons. The minimum absolute atomic E-state index is 0.292. The van der Waals surface area contributed by atoms with Crippen molar-refractivity contribution in [1.82, 2.24) is 9.80 Å². The molecule has 1 aromatic carbocycles. The number of amides is 2. The van der Waals surface area contributed by atoms with Crippen LogP contribution in [0.25, 0.3) is 0 Å². The van der Waals surface area contributed by atoms with Gasteiger partial charge < -0.3 is 14.4 Å². The highest BCUT2D eigenvalue weighted by Gasteiger charge is 2.37. The van der Waals surface area contributed by atoms with Crippen molar-refractivity contribution in [3.05, 3.63) is 35.4 Å². The van der Waals surface area contributed by atoms with Gasteiger partial charge in [-0.1, -0.05) is 12.1 Å². The summed E-state index contributed by atoms with van der Waals surface area (Å²) in [4.78, 5) is 28.5. The van der Waals surface area contributed by atoms with Crippen molar-refractivity contribution in [2.45, 2.75) is 58.8 Å². The largest absolute Gasteiger partial charge is 0.444 e. The Morgan fingerprint density at radius 3 is 2.00 bits per heavy atom. The molecule has 152 valence electrons. The zero-order valence-electron chi connectivity index (χ0n) is 17.5. The maximum Gasteiger partial charge on any atom is 0.410 e. The van der Waals surface area contributed by atoms with Crippen LogP contribution in [-0.2, 0) is 9.47 Å². The number of carbonyl (C=O) groups excluding carboxylic acids is 2. The lowest BCUT2D eigenvalue weighted by Gasteiger charge is -2.42. The van der Waals surface area contributed by atoms with Gasteiger partial charge in [0.15, 0.2) is 0 Å². The highest BCUT2D eigenvalue weighted by Crippen LogP contribution is 2.28. The number of ether oxygens (including phenoxy) is 2. The van der Waals surface area contributed by atoms with Gasteiger partial charge in [-0.05, 0) is 59.2 Å². The Morgan fingerprint density at radius 2 is 1.50 bits per heavy atom. The number of hydrogen-bond donors (Lipinski definition) is 0. The summed E-state index contributed by atoms with van der Waals surface area (Å²) in [6.45, 7) is 11.9. The Labute approximate surface area is 166 Å². The molecule has 0 aromatic heterocycles. The molecule has 0 saturated carbocycles. The van der Waals surface area contributed by atoms with E-state index in [0.29, 0.717) is 25.2 Å². The van der Waals surface area contributed by atoms with Gasteiger partial charge in [-0.2, -0.15) is 5.26 Å². The molecule has 2 rings (SSSR count). The fourth-order valence-electron chi connectivity index (χ4n) is 2.88. The fraction of sp³-hybridized carbons (Fsp3) is 0.571. The van der Waals surface area contributed by atoms with E-state index in [0.717, 1.165) is 5.56 Å². The Hall–Kier alpha value is -2.75. The predicted octanol–water partition coefficient (Wildman–Crippen LogP) is 4.09. The molecule has 28 heavy (non-hydrogen) atoms. The van der Waals surface area contributed by atoms with Gasteiger partial charge in [0, 0.05) is 19.6 Å². The minimum Gasteiger partial charge on any atom is -0.444 e. The van der Waals surface area contributed by atoms with Gasteiger partial charge in [-0.25, -0.2) is 9.59 Å². The van der Waals surface area contributed by atoms with E-state index < -0.39 is 23.4 Å². The molecule has 0 aliphatic carbocycles. The number of carbonyl (C=O) groups is 2.